The lowest BCUT2D eigenvalue weighted by Gasteiger charge is -2.21. The summed E-state index contributed by atoms with van der Waals surface area (Å²) in [5.41, 5.74) is 1.72. The molecule has 1 aromatic carbocycles. The van der Waals surface area contributed by atoms with E-state index in [1.807, 2.05) is 25.1 Å². The number of hydrogen-bond donors (Lipinski definition) is 2. The molecule has 0 aliphatic carbocycles. The molecule has 2 aliphatic heterocycles. The second kappa shape index (κ2) is 4.53. The number of carbonyl (C=O) groups excluding carboxylic acids is 1. The molecule has 104 valence electrons. The zero-order valence-corrected chi connectivity index (χ0v) is 12.2. The van der Waals surface area contributed by atoms with Gasteiger partial charge in [-0.15, -0.1) is 11.3 Å². The van der Waals surface area contributed by atoms with Gasteiger partial charge in [0, 0.05) is 23.7 Å². The van der Waals surface area contributed by atoms with Gasteiger partial charge in [-0.05, 0) is 44.4 Å². The molecule has 4 nitrogen and oxygen atoms in total. The van der Waals surface area contributed by atoms with Gasteiger partial charge in [0.2, 0.25) is 0 Å². The Balaban J connectivity index is 1.54. The van der Waals surface area contributed by atoms with E-state index in [1.54, 1.807) is 11.3 Å². The van der Waals surface area contributed by atoms with E-state index in [4.69, 9.17) is 0 Å². The van der Waals surface area contributed by atoms with Gasteiger partial charge >= 0.3 is 0 Å². The van der Waals surface area contributed by atoms with Gasteiger partial charge in [0.1, 0.15) is 0 Å². The first-order valence-electron chi connectivity index (χ1n) is 7.13. The highest BCUT2D eigenvalue weighted by molar-refractivity contribution is 7.18. The maximum absolute atomic E-state index is 12.4. The third-order valence-electron chi connectivity index (χ3n) is 4.37. The molecular weight excluding hydrogens is 270 g/mol. The first-order valence-corrected chi connectivity index (χ1v) is 7.95. The average molecular weight is 287 g/mol. The van der Waals surface area contributed by atoms with E-state index in [-0.39, 0.29) is 5.91 Å². The molecule has 1 amide bonds. The lowest BCUT2D eigenvalue weighted by Crippen LogP contribution is -2.42. The minimum atomic E-state index is 0.0392. The van der Waals surface area contributed by atoms with Crippen molar-refractivity contribution in [3.05, 3.63) is 28.8 Å². The van der Waals surface area contributed by atoms with E-state index in [2.05, 4.69) is 15.6 Å². The SMILES string of the molecule is Cc1nc2ccc(C(=O)N[C@@H]3C[C@H]4CC[C@@H]3N4)cc2s1. The molecule has 4 rings (SSSR count). The number of hydrogen-bond acceptors (Lipinski definition) is 4. The van der Waals surface area contributed by atoms with Crippen molar-refractivity contribution in [2.75, 3.05) is 0 Å². The second-order valence-corrected chi connectivity index (χ2v) is 7.01. The molecule has 5 heteroatoms. The number of thiazole rings is 1. The van der Waals surface area contributed by atoms with Gasteiger partial charge in [0.15, 0.2) is 0 Å². The number of benzene rings is 1. The van der Waals surface area contributed by atoms with Crippen LogP contribution in [0.5, 0.6) is 0 Å². The minimum absolute atomic E-state index is 0.0392. The van der Waals surface area contributed by atoms with Crippen LogP contribution in [0.1, 0.15) is 34.6 Å². The number of fused-ring (bicyclic) bond motifs is 3. The van der Waals surface area contributed by atoms with Gasteiger partial charge in [0.05, 0.1) is 15.2 Å². The van der Waals surface area contributed by atoms with Crippen molar-refractivity contribution in [3.8, 4) is 0 Å². The molecule has 2 bridgehead atoms. The maximum Gasteiger partial charge on any atom is 0.251 e. The predicted molar refractivity (Wildman–Crippen MR) is 80.2 cm³/mol. The molecule has 0 spiro atoms. The highest BCUT2D eigenvalue weighted by Crippen LogP contribution is 2.28. The van der Waals surface area contributed by atoms with E-state index >= 15 is 0 Å². The fourth-order valence-electron chi connectivity index (χ4n) is 3.42. The number of amides is 1. The Morgan fingerprint density at radius 3 is 3.10 bits per heavy atom. The Labute approximate surface area is 121 Å². The van der Waals surface area contributed by atoms with E-state index < -0.39 is 0 Å². The smallest absolute Gasteiger partial charge is 0.251 e. The number of rotatable bonds is 2. The molecular formula is C15H17N3OS. The molecule has 0 saturated carbocycles. The number of nitrogens with zero attached hydrogens (tertiary/aromatic N) is 1. The van der Waals surface area contributed by atoms with E-state index in [9.17, 15) is 4.79 Å². The standard InChI is InChI=1S/C15H17N3OS/c1-8-16-12-4-2-9(6-14(12)20-8)15(19)18-13-7-10-3-5-11(13)17-10/h2,4,6,10-11,13,17H,3,5,7H2,1H3,(H,18,19)/t10-,11+,13-/m1/s1. The Morgan fingerprint density at radius 1 is 1.45 bits per heavy atom. The predicted octanol–water partition coefficient (Wildman–Crippen LogP) is 2.23. The van der Waals surface area contributed by atoms with Gasteiger partial charge in [-0.25, -0.2) is 4.98 Å². The van der Waals surface area contributed by atoms with Crippen LogP contribution >= 0.6 is 11.3 Å². The highest BCUT2D eigenvalue weighted by atomic mass is 32.1. The van der Waals surface area contributed by atoms with Gasteiger partial charge in [-0.1, -0.05) is 0 Å². The summed E-state index contributed by atoms with van der Waals surface area (Å²) < 4.78 is 1.08. The zero-order valence-electron chi connectivity index (χ0n) is 11.3. The summed E-state index contributed by atoms with van der Waals surface area (Å²) in [6.07, 6.45) is 3.50. The number of aryl methyl sites for hydroxylation is 1. The van der Waals surface area contributed by atoms with Crippen LogP contribution in [0.15, 0.2) is 18.2 Å². The molecule has 2 aliphatic rings. The molecule has 2 N–H and O–H groups in total. The van der Waals surface area contributed by atoms with Crippen LogP contribution in [-0.2, 0) is 0 Å². The number of aromatic nitrogens is 1. The average Bonchev–Trinajstić information content (AvgIpc) is 3.10. The van der Waals surface area contributed by atoms with Crippen LogP contribution in [0.3, 0.4) is 0 Å². The second-order valence-electron chi connectivity index (χ2n) is 5.78. The summed E-state index contributed by atoms with van der Waals surface area (Å²) in [7, 11) is 0. The van der Waals surface area contributed by atoms with E-state index in [0.29, 0.717) is 18.1 Å². The van der Waals surface area contributed by atoms with Gasteiger partial charge in [-0.3, -0.25) is 4.79 Å². The Morgan fingerprint density at radius 2 is 2.35 bits per heavy atom. The molecule has 3 atom stereocenters. The van der Waals surface area contributed by atoms with Crippen LogP contribution in [-0.4, -0.2) is 29.0 Å². The number of nitrogens with one attached hydrogen (secondary N) is 2. The largest absolute Gasteiger partial charge is 0.348 e. The van der Waals surface area contributed by atoms with E-state index in [1.165, 1.54) is 12.8 Å². The summed E-state index contributed by atoms with van der Waals surface area (Å²) >= 11 is 1.64. The Kier molecular flexibility index (Phi) is 2.79. The molecule has 2 fully saturated rings. The molecule has 2 aromatic rings. The first kappa shape index (κ1) is 12.3. The summed E-state index contributed by atoms with van der Waals surface area (Å²) in [6.45, 7) is 1.99. The first-order chi connectivity index (χ1) is 9.69. The van der Waals surface area contributed by atoms with Crippen molar-refractivity contribution < 1.29 is 4.79 Å². The van der Waals surface area contributed by atoms with Crippen molar-refractivity contribution in [3.63, 3.8) is 0 Å². The summed E-state index contributed by atoms with van der Waals surface area (Å²) in [6, 6.07) is 7.13. The monoisotopic (exact) mass is 287 g/mol. The highest BCUT2D eigenvalue weighted by Gasteiger charge is 2.39. The lowest BCUT2D eigenvalue weighted by molar-refractivity contribution is 0.0931. The third kappa shape index (κ3) is 2.01. The zero-order chi connectivity index (χ0) is 13.7. The number of carbonyl (C=O) groups is 1. The van der Waals surface area contributed by atoms with Crippen molar-refractivity contribution in [1.29, 1.82) is 0 Å². The molecule has 2 saturated heterocycles. The van der Waals surface area contributed by atoms with Crippen molar-refractivity contribution in [2.45, 2.75) is 44.3 Å². The summed E-state index contributed by atoms with van der Waals surface area (Å²) in [4.78, 5) is 16.8. The molecule has 20 heavy (non-hydrogen) atoms. The fraction of sp³-hybridized carbons (Fsp3) is 0.467. The van der Waals surface area contributed by atoms with Crippen LogP contribution in [0.4, 0.5) is 0 Å². The van der Waals surface area contributed by atoms with Gasteiger partial charge < -0.3 is 10.6 Å². The van der Waals surface area contributed by atoms with E-state index in [0.717, 1.165) is 27.2 Å². The Hall–Kier alpha value is -1.46. The summed E-state index contributed by atoms with van der Waals surface area (Å²) in [5, 5.41) is 7.76. The van der Waals surface area contributed by atoms with Crippen LogP contribution in [0, 0.1) is 6.92 Å². The molecule has 0 radical (unpaired) electrons. The maximum atomic E-state index is 12.4. The Bertz CT molecular complexity index is 681. The molecule has 0 unspecified atom stereocenters. The van der Waals surface area contributed by atoms with Crippen LogP contribution in [0.25, 0.3) is 10.2 Å². The third-order valence-corrected chi connectivity index (χ3v) is 5.31. The van der Waals surface area contributed by atoms with Crippen molar-refractivity contribution >= 4 is 27.5 Å². The molecule has 1 aromatic heterocycles. The summed E-state index contributed by atoms with van der Waals surface area (Å²) in [5.74, 6) is 0.0392. The van der Waals surface area contributed by atoms with Crippen molar-refractivity contribution in [2.24, 2.45) is 0 Å². The van der Waals surface area contributed by atoms with Crippen LogP contribution in [0.2, 0.25) is 0 Å². The normalized spacial score (nSPS) is 28.1. The lowest BCUT2D eigenvalue weighted by atomic mass is 9.95. The molecule has 3 heterocycles. The topological polar surface area (TPSA) is 54.0 Å². The van der Waals surface area contributed by atoms with Gasteiger partial charge in [-0.2, -0.15) is 0 Å². The van der Waals surface area contributed by atoms with Gasteiger partial charge in [0.25, 0.3) is 5.91 Å². The minimum Gasteiger partial charge on any atom is -0.348 e. The van der Waals surface area contributed by atoms with Crippen LogP contribution < -0.4 is 10.6 Å². The van der Waals surface area contributed by atoms with Crippen molar-refractivity contribution in [1.82, 2.24) is 15.6 Å². The fourth-order valence-corrected chi connectivity index (χ4v) is 4.28. The quantitative estimate of drug-likeness (QED) is 0.890.